The average Bonchev–Trinajstić information content (AvgIpc) is 3.27. The van der Waals surface area contributed by atoms with Crippen LogP contribution in [0.4, 0.5) is 5.69 Å². The molecule has 2 saturated heterocycles. The second-order valence-corrected chi connectivity index (χ2v) is 10.0. The number of nitrogens with zero attached hydrogens (tertiary/aromatic N) is 1. The fourth-order valence-corrected chi connectivity index (χ4v) is 5.65. The molecule has 6 nitrogen and oxygen atoms in total. The number of hydrogen-bond donors (Lipinski definition) is 2. The molecule has 0 bridgehead atoms. The highest BCUT2D eigenvalue weighted by atomic mass is 35.5. The van der Waals surface area contributed by atoms with Crippen molar-refractivity contribution in [2.24, 2.45) is 11.8 Å². The molecule has 7 heteroatoms. The zero-order valence-electron chi connectivity index (χ0n) is 17.6. The summed E-state index contributed by atoms with van der Waals surface area (Å²) in [6.45, 7) is 5.53. The minimum atomic E-state index is -1.32. The predicted octanol–water partition coefficient (Wildman–Crippen LogP) is 3.10. The van der Waals surface area contributed by atoms with Gasteiger partial charge in [-0.2, -0.15) is 0 Å². The van der Waals surface area contributed by atoms with Crippen LogP contribution in [0, 0.1) is 11.8 Å². The molecule has 2 aromatic rings. The van der Waals surface area contributed by atoms with Crippen molar-refractivity contribution in [2.45, 2.75) is 44.3 Å². The molecule has 0 saturated carbocycles. The third-order valence-corrected chi connectivity index (χ3v) is 6.88. The van der Waals surface area contributed by atoms with Crippen molar-refractivity contribution in [3.8, 4) is 0 Å². The Kier molecular flexibility index (Phi) is 4.33. The van der Waals surface area contributed by atoms with E-state index in [1.165, 1.54) is 4.90 Å². The summed E-state index contributed by atoms with van der Waals surface area (Å²) in [4.78, 5) is 42.0. The largest absolute Gasteiger partial charge is 0.324 e. The fourth-order valence-electron chi connectivity index (χ4n) is 5.48. The monoisotopic (exact) mass is 437 g/mol. The summed E-state index contributed by atoms with van der Waals surface area (Å²) in [6, 6.07) is 14.6. The van der Waals surface area contributed by atoms with E-state index in [0.29, 0.717) is 22.7 Å². The molecule has 3 aliphatic rings. The van der Waals surface area contributed by atoms with E-state index in [0.717, 1.165) is 5.56 Å². The molecule has 160 valence electrons. The van der Waals surface area contributed by atoms with Crippen LogP contribution in [-0.2, 0) is 26.3 Å². The van der Waals surface area contributed by atoms with E-state index in [2.05, 4.69) is 10.6 Å². The molecule has 0 aliphatic carbocycles. The molecule has 5 rings (SSSR count). The van der Waals surface area contributed by atoms with Gasteiger partial charge >= 0.3 is 0 Å². The molecule has 3 aliphatic heterocycles. The van der Waals surface area contributed by atoms with Crippen LogP contribution in [0.15, 0.2) is 48.5 Å². The van der Waals surface area contributed by atoms with E-state index >= 15 is 0 Å². The Hall–Kier alpha value is -2.70. The van der Waals surface area contributed by atoms with Gasteiger partial charge in [0.05, 0.1) is 11.8 Å². The highest BCUT2D eigenvalue weighted by Crippen LogP contribution is 2.54. The lowest BCUT2D eigenvalue weighted by atomic mass is 9.76. The van der Waals surface area contributed by atoms with Crippen molar-refractivity contribution < 1.29 is 14.4 Å². The molecular formula is C24H24ClN3O3. The molecule has 1 spiro atoms. The second kappa shape index (κ2) is 6.65. The molecule has 2 N–H and O–H groups in total. The predicted molar refractivity (Wildman–Crippen MR) is 117 cm³/mol. The maximum absolute atomic E-state index is 13.7. The second-order valence-electron chi connectivity index (χ2n) is 9.58. The highest BCUT2D eigenvalue weighted by molar-refractivity contribution is 6.31. The highest BCUT2D eigenvalue weighted by Gasteiger charge is 2.71. The summed E-state index contributed by atoms with van der Waals surface area (Å²) in [5.74, 6) is -2.31. The van der Waals surface area contributed by atoms with E-state index < -0.39 is 22.9 Å². The van der Waals surface area contributed by atoms with Gasteiger partial charge in [0.25, 0.3) is 0 Å². The molecule has 31 heavy (non-hydrogen) atoms. The molecular weight excluding hydrogens is 414 g/mol. The van der Waals surface area contributed by atoms with Crippen molar-refractivity contribution in [1.82, 2.24) is 10.2 Å². The lowest BCUT2D eigenvalue weighted by Gasteiger charge is -2.34. The zero-order chi connectivity index (χ0) is 22.1. The number of likely N-dealkylation sites (tertiary alicyclic amines) is 1. The van der Waals surface area contributed by atoms with Gasteiger partial charge in [0.1, 0.15) is 5.54 Å². The summed E-state index contributed by atoms with van der Waals surface area (Å²) in [6.07, 6.45) is 0.532. The van der Waals surface area contributed by atoms with Crippen molar-refractivity contribution >= 4 is 35.0 Å². The van der Waals surface area contributed by atoms with Crippen LogP contribution in [0.3, 0.4) is 0 Å². The Labute approximate surface area is 185 Å². The number of amides is 3. The van der Waals surface area contributed by atoms with Gasteiger partial charge in [-0.3, -0.25) is 24.6 Å². The molecule has 2 aromatic carbocycles. The molecule has 3 amide bonds. The zero-order valence-corrected chi connectivity index (χ0v) is 18.4. The molecule has 2 unspecified atom stereocenters. The van der Waals surface area contributed by atoms with Gasteiger partial charge in [-0.15, -0.1) is 0 Å². The number of nitrogens with one attached hydrogen (secondary N) is 2. The Bertz CT molecular complexity index is 1110. The Morgan fingerprint density at radius 1 is 1.03 bits per heavy atom. The van der Waals surface area contributed by atoms with Crippen LogP contribution in [-0.4, -0.2) is 34.2 Å². The van der Waals surface area contributed by atoms with Crippen molar-refractivity contribution in [3.05, 3.63) is 64.7 Å². The minimum absolute atomic E-state index is 0.226. The molecule has 0 radical (unpaired) electrons. The van der Waals surface area contributed by atoms with Crippen LogP contribution >= 0.6 is 11.6 Å². The topological polar surface area (TPSA) is 78.5 Å². The first-order valence-corrected chi connectivity index (χ1v) is 10.8. The van der Waals surface area contributed by atoms with E-state index in [4.69, 9.17) is 11.6 Å². The summed E-state index contributed by atoms with van der Waals surface area (Å²) in [7, 11) is 0. The van der Waals surface area contributed by atoms with Gasteiger partial charge in [0, 0.05) is 27.9 Å². The number of imide groups is 1. The average molecular weight is 438 g/mol. The first-order valence-electron chi connectivity index (χ1n) is 10.5. The number of halogens is 1. The van der Waals surface area contributed by atoms with Gasteiger partial charge in [-0.25, -0.2) is 0 Å². The first kappa shape index (κ1) is 20.2. The van der Waals surface area contributed by atoms with Crippen molar-refractivity contribution in [2.75, 3.05) is 5.32 Å². The standard InChI is InChI=1S/C24H24ClN3O3/c1-23(2,3)28-20(29)18-17(11-13-7-5-4-6-8-13)27-24(19(18)21(28)30)15-12-14(25)9-10-16(15)26-22(24)31/h4-10,12,17-19,27H,11H2,1-3H3,(H,26,31)/t17?,18-,19+,24?/m1/s1. The fraction of sp³-hybridized carbons (Fsp3) is 0.375. The van der Waals surface area contributed by atoms with Gasteiger partial charge in [-0.05, 0) is 51.0 Å². The third-order valence-electron chi connectivity index (χ3n) is 6.65. The van der Waals surface area contributed by atoms with E-state index in [1.807, 2.05) is 51.1 Å². The molecule has 4 atom stereocenters. The van der Waals surface area contributed by atoms with Crippen molar-refractivity contribution in [1.29, 1.82) is 0 Å². The van der Waals surface area contributed by atoms with Gasteiger partial charge in [0.2, 0.25) is 17.7 Å². The van der Waals surface area contributed by atoms with E-state index in [1.54, 1.807) is 18.2 Å². The Morgan fingerprint density at radius 2 is 1.74 bits per heavy atom. The summed E-state index contributed by atoms with van der Waals surface area (Å²) >= 11 is 6.28. The van der Waals surface area contributed by atoms with Crippen LogP contribution in [0.5, 0.6) is 0 Å². The minimum Gasteiger partial charge on any atom is -0.324 e. The number of anilines is 1. The molecule has 2 fully saturated rings. The SMILES string of the molecule is CC(C)(C)N1C(=O)[C@@H]2C(Cc3ccccc3)NC3(C(=O)Nc4ccc(Cl)cc43)[C@@H]2C1=O. The van der Waals surface area contributed by atoms with Gasteiger partial charge < -0.3 is 5.32 Å². The lowest BCUT2D eigenvalue weighted by molar-refractivity contribution is -0.147. The lowest BCUT2D eigenvalue weighted by Crippen LogP contribution is -2.56. The summed E-state index contributed by atoms with van der Waals surface area (Å²) in [5.41, 5.74) is 0.290. The van der Waals surface area contributed by atoms with Crippen LogP contribution in [0.2, 0.25) is 5.02 Å². The Morgan fingerprint density at radius 3 is 2.42 bits per heavy atom. The number of carbonyl (C=O) groups is 3. The third kappa shape index (κ3) is 2.78. The molecule has 0 aromatic heterocycles. The normalized spacial score (nSPS) is 29.5. The molecule has 3 heterocycles. The van der Waals surface area contributed by atoms with Gasteiger partial charge in [0.15, 0.2) is 0 Å². The van der Waals surface area contributed by atoms with Crippen LogP contribution in [0.25, 0.3) is 0 Å². The van der Waals surface area contributed by atoms with Crippen LogP contribution < -0.4 is 10.6 Å². The summed E-state index contributed by atoms with van der Waals surface area (Å²) in [5, 5.41) is 6.82. The van der Waals surface area contributed by atoms with E-state index in [-0.39, 0.29) is 23.8 Å². The summed E-state index contributed by atoms with van der Waals surface area (Å²) < 4.78 is 0. The van der Waals surface area contributed by atoms with Crippen molar-refractivity contribution in [3.63, 3.8) is 0 Å². The Balaban J connectivity index is 1.68. The maximum Gasteiger partial charge on any atom is 0.250 e. The van der Waals surface area contributed by atoms with Gasteiger partial charge in [-0.1, -0.05) is 41.9 Å². The smallest absolute Gasteiger partial charge is 0.250 e. The number of fused-ring (bicyclic) bond motifs is 4. The van der Waals surface area contributed by atoms with E-state index in [9.17, 15) is 14.4 Å². The number of rotatable bonds is 2. The number of hydrogen-bond acceptors (Lipinski definition) is 4. The number of carbonyl (C=O) groups excluding carboxylic acids is 3. The van der Waals surface area contributed by atoms with Crippen LogP contribution in [0.1, 0.15) is 31.9 Å². The quantitative estimate of drug-likeness (QED) is 0.707. The number of benzene rings is 2. The first-order chi connectivity index (χ1) is 14.6. The maximum atomic E-state index is 13.7.